The van der Waals surface area contributed by atoms with Gasteiger partial charge in [-0.1, -0.05) is 23.7 Å². The molecule has 1 saturated heterocycles. The smallest absolute Gasteiger partial charge is 0.144 e. The van der Waals surface area contributed by atoms with Crippen LogP contribution in [0.15, 0.2) is 18.2 Å². The molecule has 2 atom stereocenters. The fourth-order valence-corrected chi connectivity index (χ4v) is 3.24. The molecule has 0 bridgehead atoms. The Morgan fingerprint density at radius 1 is 1.45 bits per heavy atom. The molecule has 1 aromatic rings. The molecule has 1 heterocycles. The third-order valence-corrected chi connectivity index (χ3v) is 5.02. The lowest BCUT2D eigenvalue weighted by Crippen LogP contribution is -2.42. The van der Waals surface area contributed by atoms with Crippen LogP contribution in [0.3, 0.4) is 0 Å². The SMILES string of the molecule is CC1OCCC1(CNC1CC1)Cc1cccc(Cl)c1F. The molecule has 0 radical (unpaired) electrons. The van der Waals surface area contributed by atoms with Crippen LogP contribution in [0.5, 0.6) is 0 Å². The van der Waals surface area contributed by atoms with Crippen molar-refractivity contribution < 1.29 is 9.13 Å². The third kappa shape index (κ3) is 2.85. The number of hydrogen-bond donors (Lipinski definition) is 1. The predicted molar refractivity (Wildman–Crippen MR) is 78.6 cm³/mol. The molecule has 1 N–H and O–H groups in total. The van der Waals surface area contributed by atoms with Gasteiger partial charge < -0.3 is 10.1 Å². The van der Waals surface area contributed by atoms with Crippen molar-refractivity contribution in [2.45, 2.75) is 44.8 Å². The fourth-order valence-electron chi connectivity index (χ4n) is 3.05. The van der Waals surface area contributed by atoms with Crippen molar-refractivity contribution >= 4 is 11.6 Å². The molecule has 110 valence electrons. The van der Waals surface area contributed by atoms with E-state index in [-0.39, 0.29) is 22.4 Å². The maximum absolute atomic E-state index is 14.2. The van der Waals surface area contributed by atoms with Crippen molar-refractivity contribution in [2.75, 3.05) is 13.2 Å². The summed E-state index contributed by atoms with van der Waals surface area (Å²) in [5.74, 6) is -0.279. The summed E-state index contributed by atoms with van der Waals surface area (Å²) < 4.78 is 19.9. The monoisotopic (exact) mass is 297 g/mol. The van der Waals surface area contributed by atoms with Crippen LogP contribution in [-0.4, -0.2) is 25.3 Å². The number of nitrogens with one attached hydrogen (secondary N) is 1. The number of halogens is 2. The Morgan fingerprint density at radius 3 is 2.90 bits per heavy atom. The topological polar surface area (TPSA) is 21.3 Å². The summed E-state index contributed by atoms with van der Waals surface area (Å²) in [6.45, 7) is 3.75. The standard InChI is InChI=1S/C16H21ClFNO/c1-11-16(7-8-20-11,10-19-13-5-6-13)9-12-3-2-4-14(17)15(12)18/h2-4,11,13,19H,5-10H2,1H3. The minimum atomic E-state index is -0.279. The molecule has 1 saturated carbocycles. The highest BCUT2D eigenvalue weighted by atomic mass is 35.5. The van der Waals surface area contributed by atoms with Crippen LogP contribution in [0.1, 0.15) is 31.7 Å². The molecule has 2 nitrogen and oxygen atoms in total. The van der Waals surface area contributed by atoms with Crippen LogP contribution in [0, 0.1) is 11.2 Å². The second-order valence-electron chi connectivity index (χ2n) is 6.17. The van der Waals surface area contributed by atoms with Gasteiger partial charge in [0, 0.05) is 24.6 Å². The Morgan fingerprint density at radius 2 is 2.25 bits per heavy atom. The average Bonchev–Trinajstić information content (AvgIpc) is 3.19. The van der Waals surface area contributed by atoms with E-state index >= 15 is 0 Å². The van der Waals surface area contributed by atoms with Gasteiger partial charge in [0.2, 0.25) is 0 Å². The van der Waals surface area contributed by atoms with E-state index in [0.717, 1.165) is 19.6 Å². The van der Waals surface area contributed by atoms with Gasteiger partial charge >= 0.3 is 0 Å². The lowest BCUT2D eigenvalue weighted by atomic mass is 9.76. The van der Waals surface area contributed by atoms with E-state index in [2.05, 4.69) is 12.2 Å². The van der Waals surface area contributed by atoms with Crippen LogP contribution in [-0.2, 0) is 11.2 Å². The molecule has 2 fully saturated rings. The average molecular weight is 298 g/mol. The molecule has 1 aromatic carbocycles. The Hall–Kier alpha value is -0.640. The lowest BCUT2D eigenvalue weighted by Gasteiger charge is -2.33. The zero-order valence-electron chi connectivity index (χ0n) is 11.8. The van der Waals surface area contributed by atoms with E-state index in [1.54, 1.807) is 6.07 Å². The van der Waals surface area contributed by atoms with Crippen LogP contribution in [0.25, 0.3) is 0 Å². The minimum absolute atomic E-state index is 0.0197. The highest BCUT2D eigenvalue weighted by molar-refractivity contribution is 6.30. The zero-order chi connectivity index (χ0) is 14.2. The van der Waals surface area contributed by atoms with Crippen LogP contribution in [0.2, 0.25) is 5.02 Å². The number of ether oxygens (including phenoxy) is 1. The quantitative estimate of drug-likeness (QED) is 0.897. The molecule has 4 heteroatoms. The van der Waals surface area contributed by atoms with E-state index in [1.165, 1.54) is 12.8 Å². The van der Waals surface area contributed by atoms with Crippen molar-refractivity contribution in [3.05, 3.63) is 34.6 Å². The lowest BCUT2D eigenvalue weighted by molar-refractivity contribution is 0.0624. The van der Waals surface area contributed by atoms with Crippen LogP contribution >= 0.6 is 11.6 Å². The molecule has 0 spiro atoms. The molecule has 2 aliphatic rings. The molecular weight excluding hydrogens is 277 g/mol. The first kappa shape index (κ1) is 14.3. The Kier molecular flexibility index (Phi) is 4.02. The van der Waals surface area contributed by atoms with E-state index < -0.39 is 0 Å². The maximum atomic E-state index is 14.2. The first-order valence-electron chi connectivity index (χ1n) is 7.39. The fraction of sp³-hybridized carbons (Fsp3) is 0.625. The number of hydrogen-bond acceptors (Lipinski definition) is 2. The highest BCUT2D eigenvalue weighted by Gasteiger charge is 2.42. The second-order valence-corrected chi connectivity index (χ2v) is 6.58. The van der Waals surface area contributed by atoms with Crippen molar-refractivity contribution in [2.24, 2.45) is 5.41 Å². The van der Waals surface area contributed by atoms with Gasteiger partial charge in [0.05, 0.1) is 11.1 Å². The van der Waals surface area contributed by atoms with Crippen molar-refractivity contribution in [3.8, 4) is 0 Å². The van der Waals surface area contributed by atoms with Crippen LogP contribution in [0.4, 0.5) is 4.39 Å². The van der Waals surface area contributed by atoms with Gasteiger partial charge in [-0.3, -0.25) is 0 Å². The summed E-state index contributed by atoms with van der Waals surface area (Å²) in [4.78, 5) is 0. The first-order chi connectivity index (χ1) is 9.61. The largest absolute Gasteiger partial charge is 0.378 e. The molecule has 1 aliphatic carbocycles. The molecule has 0 amide bonds. The Bertz CT molecular complexity index is 491. The molecule has 0 aromatic heterocycles. The van der Waals surface area contributed by atoms with Crippen molar-refractivity contribution in [3.63, 3.8) is 0 Å². The van der Waals surface area contributed by atoms with Gasteiger partial charge in [0.1, 0.15) is 5.82 Å². The van der Waals surface area contributed by atoms with E-state index in [0.29, 0.717) is 18.0 Å². The second kappa shape index (κ2) is 5.63. The third-order valence-electron chi connectivity index (χ3n) is 4.72. The van der Waals surface area contributed by atoms with Gasteiger partial charge in [-0.2, -0.15) is 0 Å². The van der Waals surface area contributed by atoms with Gasteiger partial charge in [-0.25, -0.2) is 4.39 Å². The first-order valence-corrected chi connectivity index (χ1v) is 7.76. The number of rotatable bonds is 5. The zero-order valence-corrected chi connectivity index (χ0v) is 12.5. The van der Waals surface area contributed by atoms with Gasteiger partial charge in [0.25, 0.3) is 0 Å². The summed E-state index contributed by atoms with van der Waals surface area (Å²) in [7, 11) is 0. The van der Waals surface area contributed by atoms with Crippen molar-refractivity contribution in [1.29, 1.82) is 0 Å². The normalized spacial score (nSPS) is 29.9. The summed E-state index contributed by atoms with van der Waals surface area (Å²) in [6.07, 6.45) is 4.32. The predicted octanol–water partition coefficient (Wildman–Crippen LogP) is 3.57. The van der Waals surface area contributed by atoms with E-state index in [1.807, 2.05) is 12.1 Å². The Balaban J connectivity index is 1.80. The molecule has 3 rings (SSSR count). The van der Waals surface area contributed by atoms with Crippen LogP contribution < -0.4 is 5.32 Å². The molecular formula is C16H21ClFNO. The number of benzene rings is 1. The molecule has 1 aliphatic heterocycles. The maximum Gasteiger partial charge on any atom is 0.144 e. The summed E-state index contributed by atoms with van der Waals surface area (Å²) in [5.41, 5.74) is 0.682. The van der Waals surface area contributed by atoms with Gasteiger partial charge in [-0.05, 0) is 44.2 Å². The van der Waals surface area contributed by atoms with E-state index in [4.69, 9.17) is 16.3 Å². The summed E-state index contributed by atoms with van der Waals surface area (Å²) in [5, 5.41) is 3.80. The Labute approximate surface area is 124 Å². The summed E-state index contributed by atoms with van der Waals surface area (Å²) >= 11 is 5.90. The molecule has 2 unspecified atom stereocenters. The highest BCUT2D eigenvalue weighted by Crippen LogP contribution is 2.39. The molecule has 20 heavy (non-hydrogen) atoms. The van der Waals surface area contributed by atoms with Crippen molar-refractivity contribution in [1.82, 2.24) is 5.32 Å². The summed E-state index contributed by atoms with van der Waals surface area (Å²) in [6, 6.07) is 5.92. The minimum Gasteiger partial charge on any atom is -0.378 e. The van der Waals surface area contributed by atoms with Gasteiger partial charge in [-0.15, -0.1) is 0 Å². The van der Waals surface area contributed by atoms with Gasteiger partial charge in [0.15, 0.2) is 0 Å². The van der Waals surface area contributed by atoms with E-state index in [9.17, 15) is 4.39 Å².